The van der Waals surface area contributed by atoms with Crippen LogP contribution in [0.1, 0.15) is 38.5 Å². The highest BCUT2D eigenvalue weighted by Crippen LogP contribution is 2.30. The second kappa shape index (κ2) is 6.04. The number of nitrogens with one attached hydrogen (secondary N) is 2. The Hall–Kier alpha value is -1.59. The molecule has 0 spiro atoms. The Labute approximate surface area is 111 Å². The summed E-state index contributed by atoms with van der Waals surface area (Å²) in [7, 11) is 0. The number of hydrogen-bond donors (Lipinski definition) is 3. The van der Waals surface area contributed by atoms with Crippen molar-refractivity contribution in [3.05, 3.63) is 0 Å². The maximum absolute atomic E-state index is 12.1. The number of rotatable bonds is 4. The Morgan fingerprint density at radius 1 is 1.21 bits per heavy atom. The average molecular weight is 268 g/mol. The molecule has 6 heteroatoms. The van der Waals surface area contributed by atoms with E-state index >= 15 is 0 Å². The lowest BCUT2D eigenvalue weighted by atomic mass is 9.78. The molecule has 2 amide bonds. The van der Waals surface area contributed by atoms with Crippen molar-refractivity contribution in [1.29, 1.82) is 0 Å². The molecule has 1 unspecified atom stereocenters. The Balaban J connectivity index is 1.84. The fourth-order valence-corrected chi connectivity index (χ4v) is 2.93. The molecule has 19 heavy (non-hydrogen) atoms. The fourth-order valence-electron chi connectivity index (χ4n) is 2.93. The van der Waals surface area contributed by atoms with E-state index in [4.69, 9.17) is 5.11 Å². The first-order valence-corrected chi connectivity index (χ1v) is 6.88. The van der Waals surface area contributed by atoms with Gasteiger partial charge in [-0.05, 0) is 19.3 Å². The van der Waals surface area contributed by atoms with Crippen LogP contribution < -0.4 is 10.6 Å². The van der Waals surface area contributed by atoms with Gasteiger partial charge in [-0.3, -0.25) is 14.4 Å². The molecule has 2 aliphatic rings. The lowest BCUT2D eigenvalue weighted by molar-refractivity contribution is -0.148. The normalized spacial score (nSPS) is 30.7. The molecule has 0 aromatic rings. The van der Waals surface area contributed by atoms with Crippen LogP contribution in [0.25, 0.3) is 0 Å². The third kappa shape index (κ3) is 3.45. The van der Waals surface area contributed by atoms with Gasteiger partial charge in [-0.2, -0.15) is 0 Å². The third-order valence-electron chi connectivity index (χ3n) is 4.03. The molecule has 2 fully saturated rings. The van der Waals surface area contributed by atoms with Gasteiger partial charge in [0.2, 0.25) is 11.8 Å². The van der Waals surface area contributed by atoms with E-state index in [1.807, 2.05) is 0 Å². The number of amides is 2. The molecule has 1 aliphatic carbocycles. The molecule has 3 N–H and O–H groups in total. The summed E-state index contributed by atoms with van der Waals surface area (Å²) >= 11 is 0. The second-order valence-electron chi connectivity index (χ2n) is 5.38. The number of carbonyl (C=O) groups excluding carboxylic acids is 2. The molecule has 3 atom stereocenters. The minimum Gasteiger partial charge on any atom is -0.481 e. The molecule has 1 saturated heterocycles. The zero-order valence-electron chi connectivity index (χ0n) is 10.9. The monoisotopic (exact) mass is 268 g/mol. The van der Waals surface area contributed by atoms with Crippen LogP contribution in [-0.4, -0.2) is 35.5 Å². The van der Waals surface area contributed by atoms with Gasteiger partial charge in [0.15, 0.2) is 0 Å². The van der Waals surface area contributed by atoms with Crippen molar-refractivity contribution in [2.24, 2.45) is 11.8 Å². The fraction of sp³-hybridized carbons (Fsp3) is 0.769. The van der Waals surface area contributed by atoms with Gasteiger partial charge in [-0.25, -0.2) is 0 Å². The Kier molecular flexibility index (Phi) is 4.39. The number of carbonyl (C=O) groups is 3. The maximum atomic E-state index is 12.1. The Morgan fingerprint density at radius 2 is 1.89 bits per heavy atom. The molecule has 1 heterocycles. The quantitative estimate of drug-likeness (QED) is 0.682. The van der Waals surface area contributed by atoms with Crippen LogP contribution >= 0.6 is 0 Å². The minimum absolute atomic E-state index is 0.0108. The van der Waals surface area contributed by atoms with E-state index in [1.165, 1.54) is 0 Å². The molecular formula is C13H20N2O4. The summed E-state index contributed by atoms with van der Waals surface area (Å²) in [6, 6.07) is -0.0108. The van der Waals surface area contributed by atoms with E-state index < -0.39 is 17.8 Å². The number of hydrogen-bond acceptors (Lipinski definition) is 3. The molecule has 0 radical (unpaired) electrons. The highest BCUT2D eigenvalue weighted by atomic mass is 16.4. The molecule has 106 valence electrons. The summed E-state index contributed by atoms with van der Waals surface area (Å²) in [4.78, 5) is 34.2. The average Bonchev–Trinajstić information content (AvgIpc) is 2.81. The zero-order chi connectivity index (χ0) is 13.8. The van der Waals surface area contributed by atoms with E-state index in [0.29, 0.717) is 25.8 Å². The van der Waals surface area contributed by atoms with Crippen molar-refractivity contribution < 1.29 is 19.5 Å². The van der Waals surface area contributed by atoms with Gasteiger partial charge in [-0.15, -0.1) is 0 Å². The number of aliphatic carboxylic acids is 1. The summed E-state index contributed by atoms with van der Waals surface area (Å²) in [5.74, 6) is -2.04. The third-order valence-corrected chi connectivity index (χ3v) is 4.03. The lowest BCUT2D eigenvalue weighted by Crippen LogP contribution is -2.44. The smallest absolute Gasteiger partial charge is 0.307 e. The van der Waals surface area contributed by atoms with Gasteiger partial charge < -0.3 is 15.7 Å². The van der Waals surface area contributed by atoms with Crippen LogP contribution in [0.3, 0.4) is 0 Å². The molecule has 1 aliphatic heterocycles. The van der Waals surface area contributed by atoms with Crippen molar-refractivity contribution >= 4 is 17.8 Å². The predicted octanol–water partition coefficient (Wildman–Crippen LogP) is 0.272. The van der Waals surface area contributed by atoms with Crippen LogP contribution in [-0.2, 0) is 14.4 Å². The second-order valence-corrected chi connectivity index (χ2v) is 5.38. The van der Waals surface area contributed by atoms with E-state index in [-0.39, 0.29) is 17.9 Å². The van der Waals surface area contributed by atoms with Crippen LogP contribution in [0.4, 0.5) is 0 Å². The first-order valence-electron chi connectivity index (χ1n) is 6.88. The van der Waals surface area contributed by atoms with E-state index in [9.17, 15) is 14.4 Å². The van der Waals surface area contributed by atoms with Gasteiger partial charge in [0.1, 0.15) is 0 Å². The van der Waals surface area contributed by atoms with E-state index in [0.717, 1.165) is 19.3 Å². The zero-order valence-corrected chi connectivity index (χ0v) is 10.9. The molecule has 0 aromatic carbocycles. The maximum Gasteiger partial charge on any atom is 0.307 e. The summed E-state index contributed by atoms with van der Waals surface area (Å²) in [5.41, 5.74) is 0. The van der Waals surface area contributed by atoms with Crippen molar-refractivity contribution in [2.45, 2.75) is 44.6 Å². The number of carboxylic acid groups (broad SMARTS) is 1. The summed E-state index contributed by atoms with van der Waals surface area (Å²) < 4.78 is 0. The highest BCUT2D eigenvalue weighted by Gasteiger charge is 2.35. The van der Waals surface area contributed by atoms with Crippen LogP contribution in [0.5, 0.6) is 0 Å². The molecule has 6 nitrogen and oxygen atoms in total. The Morgan fingerprint density at radius 3 is 2.47 bits per heavy atom. The van der Waals surface area contributed by atoms with E-state index in [2.05, 4.69) is 10.6 Å². The first kappa shape index (κ1) is 13.8. The van der Waals surface area contributed by atoms with Crippen molar-refractivity contribution in [1.82, 2.24) is 10.6 Å². The van der Waals surface area contributed by atoms with Gasteiger partial charge in [0, 0.05) is 19.0 Å². The molecule has 2 rings (SSSR count). The highest BCUT2D eigenvalue weighted by molar-refractivity contribution is 5.85. The first-order chi connectivity index (χ1) is 9.08. The lowest BCUT2D eigenvalue weighted by Gasteiger charge is -2.27. The van der Waals surface area contributed by atoms with Gasteiger partial charge in [-0.1, -0.05) is 12.8 Å². The van der Waals surface area contributed by atoms with Crippen LogP contribution in [0.15, 0.2) is 0 Å². The van der Waals surface area contributed by atoms with Crippen LogP contribution in [0, 0.1) is 11.8 Å². The predicted molar refractivity (Wildman–Crippen MR) is 67.3 cm³/mol. The molecule has 0 bridgehead atoms. The number of carboxylic acids is 1. The van der Waals surface area contributed by atoms with Gasteiger partial charge >= 0.3 is 5.97 Å². The molecular weight excluding hydrogens is 248 g/mol. The van der Waals surface area contributed by atoms with Gasteiger partial charge in [0.25, 0.3) is 0 Å². The SMILES string of the molecule is O=C1CCC(CNC(=O)[C@@H]2CCCC[C@@H]2C(=O)O)N1. The largest absolute Gasteiger partial charge is 0.481 e. The summed E-state index contributed by atoms with van der Waals surface area (Å²) in [6.45, 7) is 0.396. The van der Waals surface area contributed by atoms with Crippen molar-refractivity contribution in [2.75, 3.05) is 6.54 Å². The topological polar surface area (TPSA) is 95.5 Å². The van der Waals surface area contributed by atoms with Crippen molar-refractivity contribution in [3.63, 3.8) is 0 Å². The van der Waals surface area contributed by atoms with Gasteiger partial charge in [0.05, 0.1) is 11.8 Å². The molecule has 0 aromatic heterocycles. The molecule has 1 saturated carbocycles. The minimum atomic E-state index is -0.881. The van der Waals surface area contributed by atoms with E-state index in [1.54, 1.807) is 0 Å². The van der Waals surface area contributed by atoms with Crippen molar-refractivity contribution in [3.8, 4) is 0 Å². The summed E-state index contributed by atoms with van der Waals surface area (Å²) in [5, 5.41) is 14.7. The summed E-state index contributed by atoms with van der Waals surface area (Å²) in [6.07, 6.45) is 4.22. The van der Waals surface area contributed by atoms with Crippen LogP contribution in [0.2, 0.25) is 0 Å². The Bertz CT molecular complexity index is 383. The standard InChI is InChI=1S/C13H20N2O4/c16-11-6-5-8(15-11)7-14-12(17)9-3-1-2-4-10(9)13(18)19/h8-10H,1-7H2,(H,14,17)(H,15,16)(H,18,19)/t8?,9-,10+/m1/s1.